The lowest BCUT2D eigenvalue weighted by atomic mass is 9.99. The van der Waals surface area contributed by atoms with Crippen molar-refractivity contribution in [3.63, 3.8) is 0 Å². The Morgan fingerprint density at radius 3 is 1.98 bits per heavy atom. The largest absolute Gasteiger partial charge is 0.465 e. The molecule has 0 unspecified atom stereocenters. The number of anilines is 4. The topological polar surface area (TPSA) is 185 Å². The highest BCUT2D eigenvalue weighted by Crippen LogP contribution is 2.32. The SMILES string of the molecule is COC(=O)c1ccc(-c2nc(Nc3cnn(CC#N)c3)ncc2F)cc1-c1nc(Nc2cnn(CC#N)c2)ncc1F. The number of nitrogens with zero attached hydrogens (tertiary/aromatic N) is 10. The number of rotatable bonds is 9. The zero-order valence-electron chi connectivity index (χ0n) is 21.7. The van der Waals surface area contributed by atoms with Crippen molar-refractivity contribution in [3.8, 4) is 34.7 Å². The van der Waals surface area contributed by atoms with Gasteiger partial charge in [-0.25, -0.2) is 33.5 Å². The van der Waals surface area contributed by atoms with E-state index in [0.29, 0.717) is 11.4 Å². The number of hydrogen-bond acceptors (Lipinski definition) is 12. The minimum absolute atomic E-state index is 0.00669. The number of methoxy groups -OCH3 is 1. The highest BCUT2D eigenvalue weighted by molar-refractivity contribution is 5.98. The Kier molecular flexibility index (Phi) is 7.69. The highest BCUT2D eigenvalue weighted by atomic mass is 19.1. The van der Waals surface area contributed by atoms with Gasteiger partial charge in [-0.15, -0.1) is 0 Å². The summed E-state index contributed by atoms with van der Waals surface area (Å²) in [5.74, 6) is -2.42. The Labute approximate surface area is 235 Å². The van der Waals surface area contributed by atoms with E-state index in [9.17, 15) is 9.18 Å². The van der Waals surface area contributed by atoms with Crippen molar-refractivity contribution in [1.29, 1.82) is 10.5 Å². The van der Waals surface area contributed by atoms with Crippen molar-refractivity contribution in [1.82, 2.24) is 39.5 Å². The Morgan fingerprint density at radius 1 is 0.881 bits per heavy atom. The van der Waals surface area contributed by atoms with E-state index in [4.69, 9.17) is 15.3 Å². The number of hydrogen-bond donors (Lipinski definition) is 2. The molecule has 5 rings (SSSR count). The van der Waals surface area contributed by atoms with Crippen LogP contribution in [0.25, 0.3) is 22.5 Å². The van der Waals surface area contributed by atoms with E-state index in [1.54, 1.807) is 6.20 Å². The standard InChI is InChI=1S/C26H18F2N12O2/c1-42-24(41)18-3-2-15(22-20(27)11-31-25(37-22)35-16-9-33-39(13-16)6-4-29)8-19(18)23-21(28)12-32-26(38-23)36-17-10-34-40(14-17)7-5-30/h2-3,8-14H,6-7H2,1H3,(H,31,35,37)(H,32,36,38). The molecule has 4 aromatic heterocycles. The first-order valence-corrected chi connectivity index (χ1v) is 12.0. The van der Waals surface area contributed by atoms with E-state index >= 15 is 4.39 Å². The quantitative estimate of drug-likeness (QED) is 0.247. The van der Waals surface area contributed by atoms with Crippen LogP contribution in [0.1, 0.15) is 10.4 Å². The van der Waals surface area contributed by atoms with Crippen LogP contribution in [-0.4, -0.2) is 52.6 Å². The lowest BCUT2D eigenvalue weighted by Crippen LogP contribution is -2.07. The molecule has 1 aromatic carbocycles. The first-order valence-electron chi connectivity index (χ1n) is 12.0. The number of ether oxygens (including phenoxy) is 1. The molecule has 0 bridgehead atoms. The minimum atomic E-state index is -0.858. The van der Waals surface area contributed by atoms with Gasteiger partial charge >= 0.3 is 5.97 Å². The summed E-state index contributed by atoms with van der Waals surface area (Å²) in [6, 6.07) is 8.05. The third-order valence-corrected chi connectivity index (χ3v) is 5.69. The van der Waals surface area contributed by atoms with E-state index in [-0.39, 0.29) is 53.1 Å². The van der Waals surface area contributed by atoms with Gasteiger partial charge in [0.2, 0.25) is 11.9 Å². The molecular weight excluding hydrogens is 550 g/mol. The molecule has 0 saturated heterocycles. The fourth-order valence-corrected chi connectivity index (χ4v) is 3.85. The second-order valence-electron chi connectivity index (χ2n) is 8.45. The molecule has 42 heavy (non-hydrogen) atoms. The summed E-state index contributed by atoms with van der Waals surface area (Å²) in [6.07, 6.45) is 7.84. The Balaban J connectivity index is 1.53. The van der Waals surface area contributed by atoms with Gasteiger partial charge in [-0.05, 0) is 12.1 Å². The fraction of sp³-hybridized carbons (Fsp3) is 0.115. The molecule has 0 atom stereocenters. The summed E-state index contributed by atoms with van der Waals surface area (Å²) in [4.78, 5) is 29.0. The average molecular weight is 569 g/mol. The van der Waals surface area contributed by atoms with Crippen molar-refractivity contribution in [2.45, 2.75) is 13.1 Å². The van der Waals surface area contributed by atoms with Crippen LogP contribution in [0.3, 0.4) is 0 Å². The van der Waals surface area contributed by atoms with E-state index in [1.165, 1.54) is 53.3 Å². The Bertz CT molecular complexity index is 1870. The van der Waals surface area contributed by atoms with Crippen molar-refractivity contribution >= 4 is 29.2 Å². The zero-order valence-corrected chi connectivity index (χ0v) is 21.7. The van der Waals surface area contributed by atoms with Gasteiger partial charge in [0.25, 0.3) is 0 Å². The highest BCUT2D eigenvalue weighted by Gasteiger charge is 2.21. The predicted molar refractivity (Wildman–Crippen MR) is 142 cm³/mol. The van der Waals surface area contributed by atoms with E-state index < -0.39 is 17.6 Å². The zero-order chi connectivity index (χ0) is 29.6. The smallest absolute Gasteiger partial charge is 0.338 e. The number of carbonyl (C=O) groups is 1. The van der Waals surface area contributed by atoms with Crippen molar-refractivity contribution in [3.05, 3.63) is 72.6 Å². The molecule has 4 heterocycles. The molecule has 0 saturated carbocycles. The van der Waals surface area contributed by atoms with Crippen LogP contribution in [0, 0.1) is 34.3 Å². The van der Waals surface area contributed by atoms with Crippen LogP contribution in [0.15, 0.2) is 55.4 Å². The maximum Gasteiger partial charge on any atom is 0.338 e. The predicted octanol–water partition coefficient (Wildman–Crippen LogP) is 3.59. The molecule has 14 nitrogen and oxygen atoms in total. The summed E-state index contributed by atoms with van der Waals surface area (Å²) in [5, 5.41) is 31.5. The number of esters is 1. The third kappa shape index (κ3) is 5.82. The third-order valence-electron chi connectivity index (χ3n) is 5.69. The number of nitriles is 2. The van der Waals surface area contributed by atoms with Crippen LogP contribution < -0.4 is 10.6 Å². The minimum Gasteiger partial charge on any atom is -0.465 e. The fourth-order valence-electron chi connectivity index (χ4n) is 3.85. The summed E-state index contributed by atoms with van der Waals surface area (Å²) in [5.41, 5.74) is 0.629. The molecule has 0 radical (unpaired) electrons. The Morgan fingerprint density at radius 2 is 1.43 bits per heavy atom. The molecule has 2 N–H and O–H groups in total. The van der Waals surface area contributed by atoms with Crippen LogP contribution in [-0.2, 0) is 17.8 Å². The van der Waals surface area contributed by atoms with Crippen molar-refractivity contribution in [2.24, 2.45) is 0 Å². The lowest BCUT2D eigenvalue weighted by Gasteiger charge is -2.13. The van der Waals surface area contributed by atoms with E-state index in [0.717, 1.165) is 12.4 Å². The second kappa shape index (κ2) is 11.8. The number of halogens is 2. The lowest BCUT2D eigenvalue weighted by molar-refractivity contribution is 0.0601. The molecule has 0 fully saturated rings. The van der Waals surface area contributed by atoms with Gasteiger partial charge < -0.3 is 15.4 Å². The van der Waals surface area contributed by atoms with E-state index in [2.05, 4.69) is 40.8 Å². The molecule has 0 aliphatic heterocycles. The summed E-state index contributed by atoms with van der Waals surface area (Å²) >= 11 is 0. The van der Waals surface area contributed by atoms with Crippen molar-refractivity contribution in [2.75, 3.05) is 17.7 Å². The Hall–Kier alpha value is -6.29. The monoisotopic (exact) mass is 568 g/mol. The van der Waals surface area contributed by atoms with Crippen LogP contribution in [0.2, 0.25) is 0 Å². The molecule has 0 aliphatic carbocycles. The number of aromatic nitrogens is 8. The van der Waals surface area contributed by atoms with Gasteiger partial charge in [0.1, 0.15) is 24.5 Å². The average Bonchev–Trinajstić information content (AvgIpc) is 3.63. The summed E-state index contributed by atoms with van der Waals surface area (Å²) in [7, 11) is 1.17. The van der Waals surface area contributed by atoms with Gasteiger partial charge in [-0.3, -0.25) is 9.36 Å². The molecule has 208 valence electrons. The maximum absolute atomic E-state index is 15.1. The second-order valence-corrected chi connectivity index (χ2v) is 8.45. The van der Waals surface area contributed by atoms with Crippen LogP contribution in [0.5, 0.6) is 0 Å². The molecule has 5 aromatic rings. The van der Waals surface area contributed by atoms with Gasteiger partial charge in [0, 0.05) is 23.5 Å². The van der Waals surface area contributed by atoms with Crippen molar-refractivity contribution < 1.29 is 18.3 Å². The van der Waals surface area contributed by atoms with Gasteiger partial charge in [-0.2, -0.15) is 20.7 Å². The van der Waals surface area contributed by atoms with Gasteiger partial charge in [-0.1, -0.05) is 6.07 Å². The van der Waals surface area contributed by atoms with E-state index in [1.807, 2.05) is 12.1 Å². The molecular formula is C26H18F2N12O2. The van der Waals surface area contributed by atoms with Gasteiger partial charge in [0.05, 0.1) is 61.0 Å². The first-order chi connectivity index (χ1) is 20.4. The van der Waals surface area contributed by atoms with Crippen LogP contribution in [0.4, 0.5) is 32.1 Å². The molecule has 0 amide bonds. The maximum atomic E-state index is 15.1. The number of nitrogens with one attached hydrogen (secondary N) is 2. The normalized spacial score (nSPS) is 10.5. The molecule has 0 aliphatic rings. The first kappa shape index (κ1) is 27.3. The molecule has 16 heteroatoms. The molecule has 0 spiro atoms. The summed E-state index contributed by atoms with van der Waals surface area (Å²) < 4.78 is 37.7. The van der Waals surface area contributed by atoms with Crippen LogP contribution >= 0.6 is 0 Å². The summed E-state index contributed by atoms with van der Waals surface area (Å²) in [6.45, 7) is 0.0579. The number of benzene rings is 1. The number of carbonyl (C=O) groups excluding carboxylic acids is 1. The van der Waals surface area contributed by atoms with Gasteiger partial charge in [0.15, 0.2) is 11.6 Å².